The third-order valence-electron chi connectivity index (χ3n) is 2.32. The number of nitrogens with one attached hydrogen (secondary N) is 1. The molecule has 0 radical (unpaired) electrons. The quantitative estimate of drug-likeness (QED) is 0.650. The first-order valence-corrected chi connectivity index (χ1v) is 5.09. The van der Waals surface area contributed by atoms with Gasteiger partial charge in [0.2, 0.25) is 0 Å². The molecule has 2 aliphatic heterocycles. The van der Waals surface area contributed by atoms with Crippen molar-refractivity contribution in [1.82, 2.24) is 10.3 Å². The minimum Gasteiger partial charge on any atom is -0.368 e. The molecule has 2 rings (SSSR count). The Bertz CT molecular complexity index is 350. The van der Waals surface area contributed by atoms with E-state index < -0.39 is 6.23 Å². The molecule has 76 valence electrons. The zero-order chi connectivity index (χ0) is 10.3. The minimum absolute atomic E-state index is 0.188. The first-order valence-electron chi connectivity index (χ1n) is 4.30. The van der Waals surface area contributed by atoms with Gasteiger partial charge in [0.25, 0.3) is 5.91 Å². The molecule has 0 aromatic rings. The summed E-state index contributed by atoms with van der Waals surface area (Å²) in [6, 6.07) is 0. The molecule has 0 aromatic carbocycles. The molecule has 2 heterocycles. The summed E-state index contributed by atoms with van der Waals surface area (Å²) in [5.74, 6) is 0.406. The number of halogens is 1. The van der Waals surface area contributed by atoms with E-state index in [0.717, 1.165) is 0 Å². The van der Waals surface area contributed by atoms with E-state index >= 15 is 0 Å². The number of hydrogen-bond acceptors (Lipinski definition) is 4. The number of aliphatic hydroxyl groups excluding tert-OH is 1. The van der Waals surface area contributed by atoms with E-state index in [1.165, 1.54) is 4.90 Å². The van der Waals surface area contributed by atoms with Gasteiger partial charge in [-0.15, -0.1) is 0 Å². The van der Waals surface area contributed by atoms with Crippen LogP contribution in [0.25, 0.3) is 0 Å². The third-order valence-corrected chi connectivity index (χ3v) is 3.32. The Morgan fingerprint density at radius 1 is 1.71 bits per heavy atom. The van der Waals surface area contributed by atoms with Crippen molar-refractivity contribution in [3.05, 3.63) is 10.1 Å². The van der Waals surface area contributed by atoms with Crippen molar-refractivity contribution in [3.8, 4) is 0 Å². The van der Waals surface area contributed by atoms with Crippen LogP contribution >= 0.6 is 15.9 Å². The summed E-state index contributed by atoms with van der Waals surface area (Å²) in [6.07, 6.45) is -0.253. The Morgan fingerprint density at radius 3 is 2.86 bits per heavy atom. The molecule has 0 bridgehead atoms. The summed E-state index contributed by atoms with van der Waals surface area (Å²) in [7, 11) is 0. The van der Waals surface area contributed by atoms with Crippen molar-refractivity contribution >= 4 is 27.7 Å². The molecule has 0 aliphatic carbocycles. The average Bonchev–Trinajstić information content (AvgIpc) is 2.73. The number of aliphatic hydroxyl groups is 1. The van der Waals surface area contributed by atoms with Crippen LogP contribution in [0.4, 0.5) is 0 Å². The molecule has 5 nitrogen and oxygen atoms in total. The zero-order valence-electron chi connectivity index (χ0n) is 7.62. The predicted octanol–water partition coefficient (Wildman–Crippen LogP) is 0.123. The van der Waals surface area contributed by atoms with Gasteiger partial charge in [0.15, 0.2) is 6.23 Å². The lowest BCUT2D eigenvalue weighted by Crippen LogP contribution is -2.39. The number of amidine groups is 1. The van der Waals surface area contributed by atoms with E-state index in [1.807, 2.05) is 0 Å². The van der Waals surface area contributed by atoms with Crippen LogP contribution in [0.3, 0.4) is 0 Å². The fourth-order valence-electron chi connectivity index (χ4n) is 1.50. The summed E-state index contributed by atoms with van der Waals surface area (Å²) in [4.78, 5) is 13.0. The van der Waals surface area contributed by atoms with Crippen molar-refractivity contribution in [2.75, 3.05) is 6.54 Å². The van der Waals surface area contributed by atoms with E-state index in [-0.39, 0.29) is 5.91 Å². The standard InChI is InChI=1S/C8H10BrN3O2/c1-4-6(9)8(14)12(7(4)13)5-2-3-10-11-5/h8,10,14H,2-3H2,1H3. The number of nitrogens with zero attached hydrogens (tertiary/aromatic N) is 2. The molecule has 2 N–H and O–H groups in total. The normalized spacial score (nSPS) is 27.1. The lowest BCUT2D eigenvalue weighted by atomic mass is 10.3. The van der Waals surface area contributed by atoms with Gasteiger partial charge in [-0.2, -0.15) is 5.10 Å². The lowest BCUT2D eigenvalue weighted by molar-refractivity contribution is -0.126. The maximum atomic E-state index is 11.7. The first-order chi connectivity index (χ1) is 6.63. The Hall–Kier alpha value is -0.880. The topological polar surface area (TPSA) is 64.9 Å². The summed E-state index contributed by atoms with van der Waals surface area (Å²) < 4.78 is 0.525. The van der Waals surface area contributed by atoms with Crippen molar-refractivity contribution in [2.24, 2.45) is 5.10 Å². The minimum atomic E-state index is -0.916. The molecule has 1 amide bonds. The van der Waals surface area contributed by atoms with Gasteiger partial charge in [-0.05, 0) is 6.92 Å². The second-order valence-electron chi connectivity index (χ2n) is 3.21. The van der Waals surface area contributed by atoms with E-state index in [4.69, 9.17) is 0 Å². The average molecular weight is 260 g/mol. The number of hydrogen-bond donors (Lipinski definition) is 2. The number of carbonyl (C=O) groups excluding carboxylic acids is 1. The summed E-state index contributed by atoms with van der Waals surface area (Å²) in [5, 5.41) is 13.7. The van der Waals surface area contributed by atoms with Crippen LogP contribution < -0.4 is 5.43 Å². The van der Waals surface area contributed by atoms with Crippen LogP contribution in [0.1, 0.15) is 13.3 Å². The van der Waals surface area contributed by atoms with Crippen LogP contribution in [0.2, 0.25) is 0 Å². The highest BCUT2D eigenvalue weighted by molar-refractivity contribution is 9.11. The summed E-state index contributed by atoms with van der Waals surface area (Å²) >= 11 is 3.19. The summed E-state index contributed by atoms with van der Waals surface area (Å²) in [5.41, 5.74) is 3.30. The van der Waals surface area contributed by atoms with Crippen molar-refractivity contribution in [2.45, 2.75) is 19.6 Å². The van der Waals surface area contributed by atoms with Crippen molar-refractivity contribution < 1.29 is 9.90 Å². The van der Waals surface area contributed by atoms with Gasteiger partial charge in [0.05, 0.1) is 4.48 Å². The Morgan fingerprint density at radius 2 is 2.43 bits per heavy atom. The van der Waals surface area contributed by atoms with Gasteiger partial charge < -0.3 is 10.5 Å². The number of amides is 1. The highest BCUT2D eigenvalue weighted by Crippen LogP contribution is 2.29. The van der Waals surface area contributed by atoms with E-state index in [0.29, 0.717) is 28.9 Å². The van der Waals surface area contributed by atoms with Gasteiger partial charge in [-0.25, -0.2) is 0 Å². The molecule has 1 unspecified atom stereocenters. The summed E-state index contributed by atoms with van der Waals surface area (Å²) in [6.45, 7) is 2.39. The Kier molecular flexibility index (Phi) is 2.32. The number of rotatable bonds is 0. The van der Waals surface area contributed by atoms with E-state index in [9.17, 15) is 9.90 Å². The van der Waals surface area contributed by atoms with Crippen LogP contribution in [-0.2, 0) is 4.79 Å². The Labute approximate surface area is 89.6 Å². The second kappa shape index (κ2) is 3.36. The van der Waals surface area contributed by atoms with Crippen LogP contribution in [0, 0.1) is 0 Å². The molecule has 0 aromatic heterocycles. The second-order valence-corrected chi connectivity index (χ2v) is 4.06. The van der Waals surface area contributed by atoms with Crippen molar-refractivity contribution in [3.63, 3.8) is 0 Å². The lowest BCUT2D eigenvalue weighted by Gasteiger charge is -2.20. The molecule has 0 saturated carbocycles. The molecule has 0 fully saturated rings. The van der Waals surface area contributed by atoms with E-state index in [1.54, 1.807) is 6.92 Å². The highest BCUT2D eigenvalue weighted by atomic mass is 79.9. The number of hydrazone groups is 1. The maximum absolute atomic E-state index is 11.7. The number of carbonyl (C=O) groups is 1. The Balaban J connectivity index is 2.28. The SMILES string of the molecule is CC1=C(Br)C(O)N(C2=NNCC2)C1=O. The van der Waals surface area contributed by atoms with Gasteiger partial charge >= 0.3 is 0 Å². The third kappa shape index (κ3) is 1.26. The molecular formula is C8H10BrN3O2. The first kappa shape index (κ1) is 9.67. The van der Waals surface area contributed by atoms with Crippen molar-refractivity contribution in [1.29, 1.82) is 0 Å². The maximum Gasteiger partial charge on any atom is 0.258 e. The van der Waals surface area contributed by atoms with Gasteiger partial charge in [0, 0.05) is 18.5 Å². The molecule has 0 saturated heterocycles. The smallest absolute Gasteiger partial charge is 0.258 e. The van der Waals surface area contributed by atoms with Gasteiger partial charge in [0.1, 0.15) is 5.84 Å². The fourth-order valence-corrected chi connectivity index (χ4v) is 1.88. The predicted molar refractivity (Wildman–Crippen MR) is 54.5 cm³/mol. The zero-order valence-corrected chi connectivity index (χ0v) is 9.21. The van der Waals surface area contributed by atoms with Crippen LogP contribution in [-0.4, -0.2) is 34.5 Å². The fraction of sp³-hybridized carbons (Fsp3) is 0.500. The van der Waals surface area contributed by atoms with Gasteiger partial charge in [-0.1, -0.05) is 15.9 Å². The molecule has 2 aliphatic rings. The largest absolute Gasteiger partial charge is 0.368 e. The molecular weight excluding hydrogens is 250 g/mol. The van der Waals surface area contributed by atoms with Crippen LogP contribution in [0.5, 0.6) is 0 Å². The highest BCUT2D eigenvalue weighted by Gasteiger charge is 2.38. The van der Waals surface area contributed by atoms with Gasteiger partial charge in [-0.3, -0.25) is 9.69 Å². The molecule has 1 atom stereocenters. The molecule has 6 heteroatoms. The van der Waals surface area contributed by atoms with E-state index in [2.05, 4.69) is 26.5 Å². The molecule has 0 spiro atoms. The van der Waals surface area contributed by atoms with Crippen LogP contribution in [0.15, 0.2) is 15.2 Å². The monoisotopic (exact) mass is 259 g/mol. The molecule has 14 heavy (non-hydrogen) atoms.